The number of carbonyl (C=O) groups excluding carboxylic acids is 1. The van der Waals surface area contributed by atoms with Gasteiger partial charge in [-0.2, -0.15) is 0 Å². The molecule has 0 bridgehead atoms. The van der Waals surface area contributed by atoms with E-state index in [1.165, 1.54) is 35.2 Å². The van der Waals surface area contributed by atoms with Crippen molar-refractivity contribution in [3.8, 4) is 0 Å². The molecular formula is C24H30N4O. The third kappa shape index (κ3) is 3.87. The highest BCUT2D eigenvalue weighted by atomic mass is 16.2. The van der Waals surface area contributed by atoms with Crippen molar-refractivity contribution in [3.05, 3.63) is 53.0 Å². The van der Waals surface area contributed by atoms with Gasteiger partial charge in [0.1, 0.15) is 12.1 Å². The summed E-state index contributed by atoms with van der Waals surface area (Å²) < 4.78 is 0. The Morgan fingerprint density at radius 1 is 0.966 bits per heavy atom. The zero-order valence-electron chi connectivity index (χ0n) is 17.1. The van der Waals surface area contributed by atoms with Gasteiger partial charge in [0.15, 0.2) is 0 Å². The first-order valence-electron chi connectivity index (χ1n) is 11.2. The zero-order valence-corrected chi connectivity index (χ0v) is 17.1. The number of hydrogen-bond donors (Lipinski definition) is 0. The Morgan fingerprint density at radius 2 is 1.76 bits per heavy atom. The number of aryl methyl sites for hydroxylation is 1. The van der Waals surface area contributed by atoms with E-state index in [1.807, 2.05) is 0 Å². The molecule has 5 nitrogen and oxygen atoms in total. The first kappa shape index (κ1) is 18.6. The largest absolute Gasteiger partial charge is 0.356 e. The summed E-state index contributed by atoms with van der Waals surface area (Å²) >= 11 is 0. The number of aromatic nitrogens is 2. The van der Waals surface area contributed by atoms with Gasteiger partial charge in [0.25, 0.3) is 0 Å². The average Bonchev–Trinajstić information content (AvgIpc) is 2.79. The molecule has 0 saturated carbocycles. The maximum atomic E-state index is 12.9. The number of piperidine rings is 1. The number of amides is 1. The molecule has 2 aromatic rings. The van der Waals surface area contributed by atoms with Crippen LogP contribution in [0, 0.1) is 5.92 Å². The normalized spacial score (nSPS) is 19.6. The predicted molar refractivity (Wildman–Crippen MR) is 114 cm³/mol. The topological polar surface area (TPSA) is 49.3 Å². The van der Waals surface area contributed by atoms with E-state index in [1.54, 1.807) is 6.33 Å². The average molecular weight is 391 g/mol. The first-order valence-corrected chi connectivity index (χ1v) is 11.2. The Labute approximate surface area is 173 Å². The van der Waals surface area contributed by atoms with Gasteiger partial charge >= 0.3 is 0 Å². The van der Waals surface area contributed by atoms with Crippen LogP contribution < -0.4 is 4.90 Å². The van der Waals surface area contributed by atoms with Crippen molar-refractivity contribution in [2.24, 2.45) is 5.92 Å². The molecule has 29 heavy (non-hydrogen) atoms. The van der Waals surface area contributed by atoms with E-state index in [4.69, 9.17) is 0 Å². The second kappa shape index (κ2) is 8.13. The molecule has 152 valence electrons. The molecular weight excluding hydrogens is 360 g/mol. The van der Waals surface area contributed by atoms with E-state index < -0.39 is 0 Å². The standard InChI is InChI=1S/C24H30N4O/c29-23(28-14-11-19-5-1-2-6-20(19)16-28)15-18-9-12-27(13-10-18)24-21-7-3-4-8-22(21)25-17-26-24/h1-2,5-6,17-18H,3-4,7-16H2. The highest BCUT2D eigenvalue weighted by molar-refractivity contribution is 5.76. The molecule has 1 fully saturated rings. The van der Waals surface area contributed by atoms with Gasteiger partial charge in [-0.15, -0.1) is 0 Å². The lowest BCUT2D eigenvalue weighted by Crippen LogP contribution is -2.40. The highest BCUT2D eigenvalue weighted by Crippen LogP contribution is 2.31. The van der Waals surface area contributed by atoms with Gasteiger partial charge in [0.05, 0.1) is 0 Å². The highest BCUT2D eigenvalue weighted by Gasteiger charge is 2.28. The van der Waals surface area contributed by atoms with E-state index in [9.17, 15) is 4.79 Å². The number of rotatable bonds is 3. The molecule has 1 aliphatic carbocycles. The lowest BCUT2D eigenvalue weighted by Gasteiger charge is -2.36. The molecule has 0 spiro atoms. The SMILES string of the molecule is O=C(CC1CCN(c2ncnc3c2CCCC3)CC1)N1CCc2ccccc2C1. The summed E-state index contributed by atoms with van der Waals surface area (Å²) in [5, 5.41) is 0. The van der Waals surface area contributed by atoms with Crippen molar-refractivity contribution in [3.63, 3.8) is 0 Å². The number of hydrogen-bond acceptors (Lipinski definition) is 4. The fourth-order valence-electron chi connectivity index (χ4n) is 5.21. The van der Waals surface area contributed by atoms with Crippen LogP contribution in [0.2, 0.25) is 0 Å². The van der Waals surface area contributed by atoms with Gasteiger partial charge in [0, 0.05) is 43.9 Å². The Morgan fingerprint density at radius 3 is 2.62 bits per heavy atom. The minimum absolute atomic E-state index is 0.331. The summed E-state index contributed by atoms with van der Waals surface area (Å²) in [6.45, 7) is 3.65. The van der Waals surface area contributed by atoms with E-state index in [2.05, 4.69) is 44.0 Å². The van der Waals surface area contributed by atoms with E-state index >= 15 is 0 Å². The zero-order chi connectivity index (χ0) is 19.6. The summed E-state index contributed by atoms with van der Waals surface area (Å²) in [6, 6.07) is 8.53. The third-order valence-electron chi connectivity index (χ3n) is 6.96. The van der Waals surface area contributed by atoms with E-state index in [0.29, 0.717) is 18.2 Å². The Kier molecular flexibility index (Phi) is 5.21. The van der Waals surface area contributed by atoms with Gasteiger partial charge in [-0.1, -0.05) is 24.3 Å². The Hall–Kier alpha value is -2.43. The second-order valence-corrected chi connectivity index (χ2v) is 8.80. The monoisotopic (exact) mass is 390 g/mol. The number of carbonyl (C=O) groups is 1. The molecule has 0 unspecified atom stereocenters. The van der Waals surface area contributed by atoms with Gasteiger partial charge in [-0.25, -0.2) is 9.97 Å². The summed E-state index contributed by atoms with van der Waals surface area (Å²) in [4.78, 5) is 26.6. The fraction of sp³-hybridized carbons (Fsp3) is 0.542. The van der Waals surface area contributed by atoms with Crippen LogP contribution in [0.25, 0.3) is 0 Å². The van der Waals surface area contributed by atoms with Crippen LogP contribution in [-0.2, 0) is 30.6 Å². The molecule has 5 rings (SSSR count). The van der Waals surface area contributed by atoms with Crippen molar-refractivity contribution in [2.75, 3.05) is 24.5 Å². The summed E-state index contributed by atoms with van der Waals surface area (Å²) in [5.74, 6) is 1.98. The minimum atomic E-state index is 0.331. The van der Waals surface area contributed by atoms with Gasteiger partial charge in [-0.05, 0) is 62.0 Å². The second-order valence-electron chi connectivity index (χ2n) is 8.80. The van der Waals surface area contributed by atoms with Crippen molar-refractivity contribution < 1.29 is 4.79 Å². The molecule has 5 heteroatoms. The van der Waals surface area contributed by atoms with Gasteiger partial charge < -0.3 is 9.80 Å². The molecule has 1 amide bonds. The van der Waals surface area contributed by atoms with Crippen LogP contribution in [0.15, 0.2) is 30.6 Å². The van der Waals surface area contributed by atoms with Crippen LogP contribution in [-0.4, -0.2) is 40.4 Å². The van der Waals surface area contributed by atoms with Crippen molar-refractivity contribution >= 4 is 11.7 Å². The minimum Gasteiger partial charge on any atom is -0.356 e. The molecule has 3 aliphatic rings. The lowest BCUT2D eigenvalue weighted by atomic mass is 9.91. The molecule has 0 atom stereocenters. The summed E-state index contributed by atoms with van der Waals surface area (Å²) in [6.07, 6.45) is 10.3. The van der Waals surface area contributed by atoms with Crippen LogP contribution in [0.1, 0.15) is 54.5 Å². The third-order valence-corrected chi connectivity index (χ3v) is 6.96. The number of fused-ring (bicyclic) bond motifs is 2. The van der Waals surface area contributed by atoms with Crippen molar-refractivity contribution in [2.45, 2.75) is 57.9 Å². The molecule has 1 aromatic carbocycles. The van der Waals surface area contributed by atoms with Crippen molar-refractivity contribution in [1.82, 2.24) is 14.9 Å². The fourth-order valence-corrected chi connectivity index (χ4v) is 5.21. The van der Waals surface area contributed by atoms with Crippen molar-refractivity contribution in [1.29, 1.82) is 0 Å². The summed E-state index contributed by atoms with van der Waals surface area (Å²) in [7, 11) is 0. The Bertz CT molecular complexity index is 888. The predicted octanol–water partition coefficient (Wildman–Crippen LogP) is 3.55. The molecule has 1 saturated heterocycles. The molecule has 1 aromatic heterocycles. The van der Waals surface area contributed by atoms with Gasteiger partial charge in [0.2, 0.25) is 5.91 Å². The Balaban J connectivity index is 1.17. The maximum absolute atomic E-state index is 12.9. The lowest BCUT2D eigenvalue weighted by molar-refractivity contribution is -0.133. The van der Waals surface area contributed by atoms with Crippen LogP contribution in [0.4, 0.5) is 5.82 Å². The smallest absolute Gasteiger partial charge is 0.223 e. The molecule has 0 N–H and O–H groups in total. The van der Waals surface area contributed by atoms with E-state index in [-0.39, 0.29) is 0 Å². The maximum Gasteiger partial charge on any atom is 0.223 e. The summed E-state index contributed by atoms with van der Waals surface area (Å²) in [5.41, 5.74) is 5.35. The first-order chi connectivity index (χ1) is 14.3. The number of benzene rings is 1. The van der Waals surface area contributed by atoms with Crippen LogP contribution in [0.3, 0.4) is 0 Å². The molecule has 3 heterocycles. The van der Waals surface area contributed by atoms with E-state index in [0.717, 1.165) is 64.1 Å². The van der Waals surface area contributed by atoms with Crippen LogP contribution >= 0.6 is 0 Å². The number of nitrogens with zero attached hydrogens (tertiary/aromatic N) is 4. The quantitative estimate of drug-likeness (QED) is 0.804. The molecule has 2 aliphatic heterocycles. The molecule has 0 radical (unpaired) electrons. The van der Waals surface area contributed by atoms with Crippen LogP contribution in [0.5, 0.6) is 0 Å². The van der Waals surface area contributed by atoms with Gasteiger partial charge in [-0.3, -0.25) is 4.79 Å². The number of anilines is 1.